The molecule has 3 aromatic rings. The fourth-order valence-corrected chi connectivity index (χ4v) is 4.64. The Kier molecular flexibility index (Phi) is 3.80. The van der Waals surface area contributed by atoms with Gasteiger partial charge in [-0.1, -0.05) is 6.92 Å². The second-order valence-corrected chi connectivity index (χ2v) is 9.45. The molecule has 1 unspecified atom stereocenters. The molecule has 3 atom stereocenters. The molecular weight excluding hydrogens is 340 g/mol. The van der Waals surface area contributed by atoms with Crippen LogP contribution in [0.2, 0.25) is 0 Å². The van der Waals surface area contributed by atoms with E-state index in [9.17, 15) is 8.42 Å². The van der Waals surface area contributed by atoms with Gasteiger partial charge in [-0.15, -0.1) is 10.2 Å². The zero-order chi connectivity index (χ0) is 17.8. The van der Waals surface area contributed by atoms with E-state index in [1.807, 2.05) is 16.7 Å². The van der Waals surface area contributed by atoms with Crippen LogP contribution in [0.25, 0.3) is 16.8 Å². The number of H-pyrrole nitrogens is 1. The number of rotatable bonds is 4. The minimum atomic E-state index is -3.27. The summed E-state index contributed by atoms with van der Waals surface area (Å²) in [6, 6.07) is 1.89. The fraction of sp³-hybridized carbons (Fsp3) is 0.562. The maximum atomic E-state index is 12.2. The number of hydrogen-bond donors (Lipinski definition) is 2. The van der Waals surface area contributed by atoms with E-state index >= 15 is 0 Å². The van der Waals surface area contributed by atoms with E-state index in [4.69, 9.17) is 0 Å². The van der Waals surface area contributed by atoms with Crippen LogP contribution < -0.4 is 4.72 Å². The van der Waals surface area contributed by atoms with Crippen LogP contribution in [0, 0.1) is 5.92 Å². The van der Waals surface area contributed by atoms with E-state index in [-0.39, 0.29) is 12.0 Å². The maximum Gasteiger partial charge on any atom is 0.214 e. The summed E-state index contributed by atoms with van der Waals surface area (Å²) < 4.78 is 29.2. The van der Waals surface area contributed by atoms with Gasteiger partial charge in [0.05, 0.1) is 17.0 Å². The van der Waals surface area contributed by atoms with Gasteiger partial charge in [-0.3, -0.25) is 4.40 Å². The molecule has 9 heteroatoms. The molecule has 1 saturated carbocycles. The van der Waals surface area contributed by atoms with Crippen LogP contribution >= 0.6 is 0 Å². The van der Waals surface area contributed by atoms with Gasteiger partial charge < -0.3 is 4.98 Å². The number of hydrogen-bond acceptors (Lipinski definition) is 5. The van der Waals surface area contributed by atoms with Crippen molar-refractivity contribution in [1.29, 1.82) is 0 Å². The highest BCUT2D eigenvalue weighted by Gasteiger charge is 2.37. The molecule has 134 valence electrons. The summed E-state index contributed by atoms with van der Waals surface area (Å²) in [6.07, 6.45) is 5.07. The molecule has 1 aliphatic rings. The minimum Gasteiger partial charge on any atom is -0.345 e. The average molecular weight is 362 g/mol. The van der Waals surface area contributed by atoms with Crippen LogP contribution in [0.3, 0.4) is 0 Å². The lowest BCUT2D eigenvalue weighted by Gasteiger charge is -2.15. The largest absolute Gasteiger partial charge is 0.345 e. The Labute approximate surface area is 146 Å². The van der Waals surface area contributed by atoms with Crippen LogP contribution in [-0.4, -0.2) is 44.3 Å². The SMILES string of the molecule is CC(C)S(=O)(=O)NC1C[C@@H](C)[C@@H](c2nnc3cnc4[nH]ccc4n23)C1. The first-order valence-corrected chi connectivity index (χ1v) is 10.1. The van der Waals surface area contributed by atoms with E-state index < -0.39 is 15.3 Å². The highest BCUT2D eigenvalue weighted by atomic mass is 32.2. The Morgan fingerprint density at radius 3 is 2.88 bits per heavy atom. The quantitative estimate of drug-likeness (QED) is 0.736. The van der Waals surface area contributed by atoms with Crippen molar-refractivity contribution in [3.8, 4) is 0 Å². The van der Waals surface area contributed by atoms with Crippen molar-refractivity contribution < 1.29 is 8.42 Å². The molecule has 25 heavy (non-hydrogen) atoms. The van der Waals surface area contributed by atoms with E-state index in [1.54, 1.807) is 20.0 Å². The molecule has 3 heterocycles. The minimum absolute atomic E-state index is 0.0664. The number of aromatic amines is 1. The van der Waals surface area contributed by atoms with E-state index in [2.05, 4.69) is 31.8 Å². The Bertz CT molecular complexity index is 1020. The van der Waals surface area contributed by atoms with Crippen molar-refractivity contribution in [2.75, 3.05) is 0 Å². The third-order valence-electron chi connectivity index (χ3n) is 5.13. The smallest absolute Gasteiger partial charge is 0.214 e. The third kappa shape index (κ3) is 2.71. The molecular formula is C16H22N6O2S. The standard InChI is InChI=1S/C16H22N6O2S/c1-9(2)25(23,24)21-11-6-10(3)12(7-11)16-20-19-14-8-18-15-13(22(14)16)4-5-17-15/h4-5,8-12,17,21H,6-7H2,1-3H3/t10-,11?,12+/m1/s1. The van der Waals surface area contributed by atoms with Gasteiger partial charge >= 0.3 is 0 Å². The molecule has 0 radical (unpaired) electrons. The van der Waals surface area contributed by atoms with Gasteiger partial charge in [0, 0.05) is 18.2 Å². The number of nitrogens with one attached hydrogen (secondary N) is 2. The number of fused-ring (bicyclic) bond motifs is 3. The van der Waals surface area contributed by atoms with Crippen LogP contribution in [-0.2, 0) is 10.0 Å². The molecule has 0 aliphatic heterocycles. The highest BCUT2D eigenvalue weighted by molar-refractivity contribution is 7.90. The maximum absolute atomic E-state index is 12.2. The second-order valence-electron chi connectivity index (χ2n) is 7.19. The van der Waals surface area contributed by atoms with Gasteiger partial charge in [-0.25, -0.2) is 18.1 Å². The monoisotopic (exact) mass is 362 g/mol. The molecule has 1 fully saturated rings. The summed E-state index contributed by atoms with van der Waals surface area (Å²) in [7, 11) is -3.27. The first kappa shape index (κ1) is 16.5. The number of nitrogens with zero attached hydrogens (tertiary/aromatic N) is 4. The predicted molar refractivity (Wildman–Crippen MR) is 94.8 cm³/mol. The average Bonchev–Trinajstić information content (AvgIpc) is 3.23. The van der Waals surface area contributed by atoms with Crippen LogP contribution in [0.1, 0.15) is 45.4 Å². The molecule has 0 aromatic carbocycles. The molecule has 1 aliphatic carbocycles. The molecule has 0 amide bonds. The van der Waals surface area contributed by atoms with E-state index in [0.717, 1.165) is 29.8 Å². The molecule has 0 bridgehead atoms. The van der Waals surface area contributed by atoms with Crippen molar-refractivity contribution in [2.45, 2.75) is 50.8 Å². The van der Waals surface area contributed by atoms with Crippen LogP contribution in [0.15, 0.2) is 18.5 Å². The Hall–Kier alpha value is -2.00. The molecule has 0 saturated heterocycles. The van der Waals surface area contributed by atoms with Gasteiger partial charge in [0.2, 0.25) is 10.0 Å². The van der Waals surface area contributed by atoms with E-state index in [1.165, 1.54) is 0 Å². The molecule has 3 aromatic heterocycles. The van der Waals surface area contributed by atoms with Crippen molar-refractivity contribution in [1.82, 2.24) is 29.3 Å². The van der Waals surface area contributed by atoms with Crippen molar-refractivity contribution in [2.24, 2.45) is 5.92 Å². The molecule has 8 nitrogen and oxygen atoms in total. The van der Waals surface area contributed by atoms with Crippen LogP contribution in [0.4, 0.5) is 0 Å². The van der Waals surface area contributed by atoms with Gasteiger partial charge in [0.15, 0.2) is 11.3 Å². The fourth-order valence-electron chi connectivity index (χ4n) is 3.71. The summed E-state index contributed by atoms with van der Waals surface area (Å²) in [4.78, 5) is 7.44. The zero-order valence-electron chi connectivity index (χ0n) is 14.5. The van der Waals surface area contributed by atoms with Crippen molar-refractivity contribution >= 4 is 26.8 Å². The Morgan fingerprint density at radius 2 is 2.12 bits per heavy atom. The summed E-state index contributed by atoms with van der Waals surface area (Å²) >= 11 is 0. The lowest BCUT2D eigenvalue weighted by molar-refractivity contribution is 0.505. The topological polar surface area (TPSA) is 105 Å². The predicted octanol–water partition coefficient (Wildman–Crippen LogP) is 1.82. The molecule has 4 rings (SSSR count). The normalized spacial score (nSPS) is 24.7. The van der Waals surface area contributed by atoms with Crippen LogP contribution in [0.5, 0.6) is 0 Å². The highest BCUT2D eigenvalue weighted by Crippen LogP contribution is 2.39. The third-order valence-corrected chi connectivity index (χ3v) is 7.03. The second kappa shape index (κ2) is 5.77. The van der Waals surface area contributed by atoms with E-state index in [0.29, 0.717) is 11.6 Å². The Morgan fingerprint density at radius 1 is 1.32 bits per heavy atom. The van der Waals surface area contributed by atoms with Gasteiger partial charge in [0.1, 0.15) is 5.82 Å². The molecule has 2 N–H and O–H groups in total. The summed E-state index contributed by atoms with van der Waals surface area (Å²) in [5, 5.41) is 8.23. The Balaban J connectivity index is 1.69. The van der Waals surface area contributed by atoms with Gasteiger partial charge in [-0.2, -0.15) is 0 Å². The zero-order valence-corrected chi connectivity index (χ0v) is 15.3. The first-order valence-electron chi connectivity index (χ1n) is 8.55. The lowest BCUT2D eigenvalue weighted by atomic mass is 9.97. The van der Waals surface area contributed by atoms with Crippen molar-refractivity contribution in [3.05, 3.63) is 24.3 Å². The summed E-state index contributed by atoms with van der Waals surface area (Å²) in [5.41, 5.74) is 2.44. The number of aromatic nitrogens is 5. The van der Waals surface area contributed by atoms with Gasteiger partial charge in [0.25, 0.3) is 0 Å². The molecule has 0 spiro atoms. The number of sulfonamides is 1. The lowest BCUT2D eigenvalue weighted by Crippen LogP contribution is -2.37. The van der Waals surface area contributed by atoms with Gasteiger partial charge in [-0.05, 0) is 38.7 Å². The van der Waals surface area contributed by atoms with Crippen molar-refractivity contribution in [3.63, 3.8) is 0 Å². The summed E-state index contributed by atoms with van der Waals surface area (Å²) in [6.45, 7) is 5.53. The first-order chi connectivity index (χ1) is 11.9. The summed E-state index contributed by atoms with van der Waals surface area (Å²) in [5.74, 6) is 1.34.